The molecule has 0 amide bonds. The molecule has 0 bridgehead atoms. The Bertz CT molecular complexity index is 197. The maximum absolute atomic E-state index is 5.65. The molecule has 102 valence electrons. The van der Waals surface area contributed by atoms with Crippen molar-refractivity contribution in [3.05, 3.63) is 0 Å². The van der Waals surface area contributed by atoms with Gasteiger partial charge in [-0.3, -0.25) is 0 Å². The van der Waals surface area contributed by atoms with Gasteiger partial charge in [-0.05, 0) is 40.3 Å². The van der Waals surface area contributed by atoms with Gasteiger partial charge in [-0.2, -0.15) is 0 Å². The second-order valence-electron chi connectivity index (χ2n) is 5.04. The molecule has 1 fully saturated rings. The first kappa shape index (κ1) is 14.9. The lowest BCUT2D eigenvalue weighted by Crippen LogP contribution is -2.24. The van der Waals surface area contributed by atoms with Crippen LogP contribution in [0.1, 0.15) is 39.5 Å². The first-order valence-electron chi connectivity index (χ1n) is 6.68. The van der Waals surface area contributed by atoms with E-state index in [1.807, 2.05) is 20.9 Å². The molecule has 1 aliphatic rings. The molecule has 0 spiro atoms. The van der Waals surface area contributed by atoms with Gasteiger partial charge in [0.25, 0.3) is 0 Å². The van der Waals surface area contributed by atoms with E-state index in [4.69, 9.17) is 14.2 Å². The summed E-state index contributed by atoms with van der Waals surface area (Å²) in [5.41, 5.74) is 0. The lowest BCUT2D eigenvalue weighted by Gasteiger charge is -2.17. The van der Waals surface area contributed by atoms with Crippen LogP contribution in [-0.4, -0.2) is 45.3 Å². The molecule has 1 heterocycles. The van der Waals surface area contributed by atoms with E-state index >= 15 is 0 Å². The fourth-order valence-corrected chi connectivity index (χ4v) is 1.92. The van der Waals surface area contributed by atoms with Gasteiger partial charge in [0.2, 0.25) is 0 Å². The van der Waals surface area contributed by atoms with Crippen molar-refractivity contribution in [1.29, 1.82) is 0 Å². The molecule has 1 atom stereocenters. The van der Waals surface area contributed by atoms with Crippen LogP contribution in [0.3, 0.4) is 0 Å². The van der Waals surface area contributed by atoms with E-state index in [2.05, 4.69) is 5.32 Å². The molecule has 1 aliphatic heterocycles. The Morgan fingerprint density at radius 2 is 2.00 bits per heavy atom. The summed E-state index contributed by atoms with van der Waals surface area (Å²) in [6, 6.07) is 0. The zero-order valence-electron chi connectivity index (χ0n) is 11.5. The van der Waals surface area contributed by atoms with Crippen molar-refractivity contribution in [3.63, 3.8) is 0 Å². The van der Waals surface area contributed by atoms with Gasteiger partial charge >= 0.3 is 0 Å². The summed E-state index contributed by atoms with van der Waals surface area (Å²) in [7, 11) is 1.99. The Labute approximate surface area is 105 Å². The molecule has 1 N–H and O–H groups in total. The van der Waals surface area contributed by atoms with Crippen molar-refractivity contribution in [3.8, 4) is 0 Å². The third-order valence-electron chi connectivity index (χ3n) is 2.84. The SMILES string of the molecule is CNCCCCCCOCC1COC(C)(C)O1. The van der Waals surface area contributed by atoms with Gasteiger partial charge in [-0.25, -0.2) is 0 Å². The minimum Gasteiger partial charge on any atom is -0.379 e. The summed E-state index contributed by atoms with van der Waals surface area (Å²) >= 11 is 0. The van der Waals surface area contributed by atoms with Crippen LogP contribution >= 0.6 is 0 Å². The molecule has 0 aromatic heterocycles. The van der Waals surface area contributed by atoms with Crippen LogP contribution in [0.2, 0.25) is 0 Å². The van der Waals surface area contributed by atoms with Crippen molar-refractivity contribution >= 4 is 0 Å². The highest BCUT2D eigenvalue weighted by atomic mass is 16.7. The van der Waals surface area contributed by atoms with E-state index in [1.165, 1.54) is 19.3 Å². The van der Waals surface area contributed by atoms with Gasteiger partial charge in [-0.1, -0.05) is 12.8 Å². The van der Waals surface area contributed by atoms with Gasteiger partial charge in [0.05, 0.1) is 13.2 Å². The molecule has 0 aromatic rings. The minimum atomic E-state index is -0.429. The predicted molar refractivity (Wildman–Crippen MR) is 68.1 cm³/mol. The topological polar surface area (TPSA) is 39.7 Å². The van der Waals surface area contributed by atoms with Gasteiger partial charge < -0.3 is 19.5 Å². The van der Waals surface area contributed by atoms with Crippen LogP contribution in [0.15, 0.2) is 0 Å². The van der Waals surface area contributed by atoms with Crippen LogP contribution in [0.5, 0.6) is 0 Å². The normalized spacial score (nSPS) is 23.1. The van der Waals surface area contributed by atoms with E-state index < -0.39 is 5.79 Å². The first-order chi connectivity index (χ1) is 8.14. The molecule has 4 nitrogen and oxygen atoms in total. The standard InChI is InChI=1S/C13H27NO3/c1-13(2)16-11-12(17-13)10-15-9-7-5-4-6-8-14-3/h12,14H,4-11H2,1-3H3. The van der Waals surface area contributed by atoms with Crippen LogP contribution in [0.4, 0.5) is 0 Å². The van der Waals surface area contributed by atoms with Crippen molar-refractivity contribution in [2.24, 2.45) is 0 Å². The fraction of sp³-hybridized carbons (Fsp3) is 1.00. The van der Waals surface area contributed by atoms with Crippen LogP contribution in [-0.2, 0) is 14.2 Å². The molecule has 1 rings (SSSR count). The minimum absolute atomic E-state index is 0.106. The summed E-state index contributed by atoms with van der Waals surface area (Å²) in [4.78, 5) is 0. The Morgan fingerprint density at radius 3 is 2.65 bits per heavy atom. The number of rotatable bonds is 9. The monoisotopic (exact) mass is 245 g/mol. The third kappa shape index (κ3) is 6.99. The smallest absolute Gasteiger partial charge is 0.163 e. The maximum Gasteiger partial charge on any atom is 0.163 e. The summed E-state index contributed by atoms with van der Waals surface area (Å²) in [6.45, 7) is 7.13. The molecule has 1 unspecified atom stereocenters. The second kappa shape index (κ2) is 8.03. The van der Waals surface area contributed by atoms with Crippen molar-refractivity contribution in [2.45, 2.75) is 51.4 Å². The Morgan fingerprint density at radius 1 is 1.24 bits per heavy atom. The largest absolute Gasteiger partial charge is 0.379 e. The highest BCUT2D eigenvalue weighted by molar-refractivity contribution is 4.70. The van der Waals surface area contributed by atoms with E-state index in [-0.39, 0.29) is 6.10 Å². The number of hydrogen-bond donors (Lipinski definition) is 1. The quantitative estimate of drug-likeness (QED) is 0.630. The second-order valence-corrected chi connectivity index (χ2v) is 5.04. The molecule has 4 heteroatoms. The van der Waals surface area contributed by atoms with E-state index in [0.29, 0.717) is 13.2 Å². The van der Waals surface area contributed by atoms with Gasteiger partial charge in [0.1, 0.15) is 6.10 Å². The average Bonchev–Trinajstić information content (AvgIpc) is 2.62. The average molecular weight is 245 g/mol. The predicted octanol–water partition coefficient (Wildman–Crippen LogP) is 1.93. The molecular weight excluding hydrogens is 218 g/mol. The van der Waals surface area contributed by atoms with Crippen molar-refractivity contribution in [1.82, 2.24) is 5.32 Å². The molecule has 17 heavy (non-hydrogen) atoms. The van der Waals surface area contributed by atoms with Crippen LogP contribution in [0, 0.1) is 0 Å². The fourth-order valence-electron chi connectivity index (χ4n) is 1.92. The van der Waals surface area contributed by atoms with Crippen molar-refractivity contribution in [2.75, 3.05) is 33.4 Å². The van der Waals surface area contributed by atoms with E-state index in [1.54, 1.807) is 0 Å². The lowest BCUT2D eigenvalue weighted by molar-refractivity contribution is -0.145. The summed E-state index contributed by atoms with van der Waals surface area (Å²) in [5.74, 6) is -0.429. The van der Waals surface area contributed by atoms with E-state index in [0.717, 1.165) is 19.6 Å². The lowest BCUT2D eigenvalue weighted by atomic mass is 10.2. The van der Waals surface area contributed by atoms with Crippen LogP contribution < -0.4 is 5.32 Å². The maximum atomic E-state index is 5.65. The molecule has 0 aliphatic carbocycles. The van der Waals surface area contributed by atoms with Crippen molar-refractivity contribution < 1.29 is 14.2 Å². The first-order valence-corrected chi connectivity index (χ1v) is 6.68. The number of nitrogens with one attached hydrogen (secondary N) is 1. The number of ether oxygens (including phenoxy) is 3. The van der Waals surface area contributed by atoms with E-state index in [9.17, 15) is 0 Å². The van der Waals surface area contributed by atoms with Gasteiger partial charge in [0, 0.05) is 6.61 Å². The molecule has 0 saturated carbocycles. The summed E-state index contributed by atoms with van der Waals surface area (Å²) < 4.78 is 16.7. The molecular formula is C13H27NO3. The highest BCUT2D eigenvalue weighted by Crippen LogP contribution is 2.22. The van der Waals surface area contributed by atoms with Crippen LogP contribution in [0.25, 0.3) is 0 Å². The zero-order valence-corrected chi connectivity index (χ0v) is 11.5. The van der Waals surface area contributed by atoms with Gasteiger partial charge in [-0.15, -0.1) is 0 Å². The Hall–Kier alpha value is -0.160. The highest BCUT2D eigenvalue weighted by Gasteiger charge is 2.32. The zero-order chi connectivity index (χ0) is 12.6. The summed E-state index contributed by atoms with van der Waals surface area (Å²) in [5, 5.41) is 3.15. The third-order valence-corrected chi connectivity index (χ3v) is 2.84. The summed E-state index contributed by atoms with van der Waals surface area (Å²) in [6.07, 6.45) is 5.02. The Balaban J connectivity index is 1.85. The molecule has 0 aromatic carbocycles. The number of hydrogen-bond acceptors (Lipinski definition) is 4. The van der Waals surface area contributed by atoms with Gasteiger partial charge in [0.15, 0.2) is 5.79 Å². The molecule has 0 radical (unpaired) electrons. The molecule has 1 saturated heterocycles. The Kier molecular flexibility index (Phi) is 7.04. The number of unbranched alkanes of at least 4 members (excludes halogenated alkanes) is 3.